The summed E-state index contributed by atoms with van der Waals surface area (Å²) in [6, 6.07) is 2.78. The number of aromatic nitrogens is 2. The number of nitrogens with zero attached hydrogens (tertiary/aromatic N) is 3. The van der Waals surface area contributed by atoms with Gasteiger partial charge in [0.25, 0.3) is 5.91 Å². The van der Waals surface area contributed by atoms with Crippen molar-refractivity contribution in [3.05, 3.63) is 57.2 Å². The molecule has 2 amide bonds. The molecule has 0 radical (unpaired) electrons. The summed E-state index contributed by atoms with van der Waals surface area (Å²) < 4.78 is 0. The molecule has 0 aliphatic carbocycles. The monoisotopic (exact) mass is 505 g/mol. The molecular formula is C20H19N5O5S3. The van der Waals surface area contributed by atoms with Crippen LogP contribution in [0, 0.1) is 0 Å². The van der Waals surface area contributed by atoms with Gasteiger partial charge in [-0.25, -0.2) is 9.78 Å². The van der Waals surface area contributed by atoms with Crippen LogP contribution in [0.5, 0.6) is 0 Å². The summed E-state index contributed by atoms with van der Waals surface area (Å²) in [6.07, 6.45) is 5.15. The fourth-order valence-electron chi connectivity index (χ4n) is 3.38. The van der Waals surface area contributed by atoms with E-state index < -0.39 is 41.7 Å². The minimum atomic E-state index is -1.21. The molecule has 0 aromatic carbocycles. The van der Waals surface area contributed by atoms with E-state index in [4.69, 9.17) is 5.73 Å². The highest BCUT2D eigenvalue weighted by molar-refractivity contribution is 8.08. The number of rotatable bonds is 8. The van der Waals surface area contributed by atoms with Crippen LogP contribution >= 0.6 is 34.9 Å². The Morgan fingerprint density at radius 2 is 2.27 bits per heavy atom. The normalized spacial score (nSPS) is 21.0. The molecule has 4 heterocycles. The van der Waals surface area contributed by atoms with E-state index in [1.54, 1.807) is 29.2 Å². The lowest BCUT2D eigenvalue weighted by atomic mass is 10.0. The van der Waals surface area contributed by atoms with E-state index in [0.717, 1.165) is 16.9 Å². The average Bonchev–Trinajstić information content (AvgIpc) is 3.23. The van der Waals surface area contributed by atoms with E-state index in [-0.39, 0.29) is 10.8 Å². The van der Waals surface area contributed by atoms with Crippen molar-refractivity contribution in [1.29, 1.82) is 0 Å². The van der Waals surface area contributed by atoms with Crippen molar-refractivity contribution in [2.45, 2.75) is 17.3 Å². The summed E-state index contributed by atoms with van der Waals surface area (Å²) in [6.45, 7) is -0.498. The van der Waals surface area contributed by atoms with Gasteiger partial charge in [-0.3, -0.25) is 19.5 Å². The van der Waals surface area contributed by atoms with Gasteiger partial charge in [0.1, 0.15) is 23.0 Å². The van der Waals surface area contributed by atoms with Gasteiger partial charge in [-0.2, -0.15) is 0 Å². The number of aliphatic hydroxyl groups is 1. The van der Waals surface area contributed by atoms with Gasteiger partial charge in [0, 0.05) is 28.4 Å². The number of thiazole rings is 1. The third-order valence-corrected chi connectivity index (χ3v) is 8.03. The number of carboxylic acids is 1. The number of aliphatic hydroxyl groups excluding tert-OH is 1. The molecule has 2 unspecified atom stereocenters. The first kappa shape index (κ1) is 23.3. The number of carboxylic acid groups (broad SMARTS) is 1. The number of hydrogen-bond donors (Lipinski definition) is 4. The topological polar surface area (TPSA) is 159 Å². The number of carbonyl (C=O) groups excluding carboxylic acids is 2. The molecule has 0 spiro atoms. The Bertz CT molecular complexity index is 1140. The van der Waals surface area contributed by atoms with E-state index in [1.807, 2.05) is 12.1 Å². The lowest BCUT2D eigenvalue weighted by molar-refractivity contribution is -0.150. The zero-order valence-corrected chi connectivity index (χ0v) is 19.4. The van der Waals surface area contributed by atoms with Gasteiger partial charge >= 0.3 is 5.97 Å². The molecule has 33 heavy (non-hydrogen) atoms. The number of amides is 2. The zero-order valence-electron chi connectivity index (χ0n) is 17.0. The van der Waals surface area contributed by atoms with Crippen molar-refractivity contribution in [2.24, 2.45) is 0 Å². The maximum atomic E-state index is 12.8. The molecule has 10 nitrogen and oxygen atoms in total. The number of thioether (sulfide) groups is 2. The van der Waals surface area contributed by atoms with Crippen LogP contribution in [0.2, 0.25) is 0 Å². The SMILES string of the molecule is Nc1nc(C(CO)C(=O)NC2C(=O)N3C(C(=O)O)=C(SC=Cc4cccnc4)CS[C@@H]23)cs1. The number of fused-ring (bicyclic) bond motifs is 1. The van der Waals surface area contributed by atoms with Crippen LogP contribution in [-0.4, -0.2) is 66.6 Å². The van der Waals surface area contributed by atoms with Crippen LogP contribution in [0.25, 0.3) is 6.08 Å². The maximum Gasteiger partial charge on any atom is 0.353 e. The van der Waals surface area contributed by atoms with Gasteiger partial charge < -0.3 is 21.3 Å². The van der Waals surface area contributed by atoms with Crippen LogP contribution in [0.15, 0.2) is 45.9 Å². The van der Waals surface area contributed by atoms with Gasteiger partial charge in [0.15, 0.2) is 5.13 Å². The average molecular weight is 506 g/mol. The van der Waals surface area contributed by atoms with Crippen LogP contribution < -0.4 is 11.1 Å². The number of nitrogens with two attached hydrogens (primary N) is 1. The van der Waals surface area contributed by atoms with Crippen LogP contribution in [-0.2, 0) is 14.4 Å². The first-order chi connectivity index (χ1) is 15.9. The zero-order chi connectivity index (χ0) is 23.5. The maximum absolute atomic E-state index is 12.8. The Morgan fingerprint density at radius 1 is 1.45 bits per heavy atom. The molecule has 3 atom stereocenters. The summed E-state index contributed by atoms with van der Waals surface area (Å²) in [7, 11) is 0. The van der Waals surface area contributed by atoms with E-state index in [0.29, 0.717) is 16.4 Å². The third kappa shape index (κ3) is 4.76. The number of hydrogen-bond acceptors (Lipinski definition) is 10. The Kier molecular flexibility index (Phi) is 7.02. The Hall–Kier alpha value is -2.87. The van der Waals surface area contributed by atoms with Crippen molar-refractivity contribution < 1.29 is 24.6 Å². The predicted octanol–water partition coefficient (Wildman–Crippen LogP) is 1.30. The first-order valence-corrected chi connectivity index (χ1v) is 12.5. The summed E-state index contributed by atoms with van der Waals surface area (Å²) in [5.74, 6) is -2.88. The standard InChI is InChI=1S/C20H19N5O5S3/c21-20-23-12(8-33-20)11(7-26)16(27)24-14-17(28)25-15(19(29)30)13(9-32-18(14)25)31-5-3-10-2-1-4-22-6-10/h1-6,8,11,14,18,26H,7,9H2,(H2,21,23)(H,24,27)(H,29,30)/t11?,14?,18-/m0/s1. The third-order valence-electron chi connectivity index (χ3n) is 4.98. The van der Waals surface area contributed by atoms with E-state index in [9.17, 15) is 24.6 Å². The molecule has 4 rings (SSSR count). The fraction of sp³-hybridized carbons (Fsp3) is 0.250. The van der Waals surface area contributed by atoms with Crippen molar-refractivity contribution in [1.82, 2.24) is 20.2 Å². The molecule has 2 aliphatic heterocycles. The second-order valence-electron chi connectivity index (χ2n) is 7.03. The second-order valence-corrected chi connectivity index (χ2v) is 10.0. The molecule has 5 N–H and O–H groups in total. The molecule has 172 valence electrons. The van der Waals surface area contributed by atoms with Crippen molar-refractivity contribution in [3.8, 4) is 0 Å². The van der Waals surface area contributed by atoms with Gasteiger partial charge in [-0.15, -0.1) is 23.1 Å². The number of β-lactam (4-membered cyclic amide) rings is 1. The van der Waals surface area contributed by atoms with Gasteiger partial charge in [-0.05, 0) is 23.1 Å². The number of nitrogens with one attached hydrogen (secondary N) is 1. The van der Waals surface area contributed by atoms with E-state index >= 15 is 0 Å². The Balaban J connectivity index is 1.46. The highest BCUT2D eigenvalue weighted by Crippen LogP contribution is 2.44. The number of carbonyl (C=O) groups is 3. The lowest BCUT2D eigenvalue weighted by Crippen LogP contribution is -2.70. The molecule has 13 heteroatoms. The summed E-state index contributed by atoms with van der Waals surface area (Å²) in [5, 5.41) is 25.1. The molecular weight excluding hydrogens is 486 g/mol. The molecule has 2 aliphatic rings. The quantitative estimate of drug-likeness (QED) is 0.385. The minimum absolute atomic E-state index is 0.0823. The number of pyridine rings is 1. The number of anilines is 1. The molecule has 2 aromatic heterocycles. The van der Waals surface area contributed by atoms with Crippen molar-refractivity contribution in [3.63, 3.8) is 0 Å². The Morgan fingerprint density at radius 3 is 2.91 bits per heavy atom. The van der Waals surface area contributed by atoms with Crippen molar-refractivity contribution in [2.75, 3.05) is 18.1 Å². The smallest absolute Gasteiger partial charge is 0.353 e. The summed E-state index contributed by atoms with van der Waals surface area (Å²) in [4.78, 5) is 47.2. The van der Waals surface area contributed by atoms with E-state index in [1.165, 1.54) is 28.4 Å². The highest BCUT2D eigenvalue weighted by Gasteiger charge is 2.54. The summed E-state index contributed by atoms with van der Waals surface area (Å²) >= 11 is 3.74. The first-order valence-electron chi connectivity index (χ1n) is 9.67. The molecule has 1 fully saturated rings. The van der Waals surface area contributed by atoms with Gasteiger partial charge in [-0.1, -0.05) is 17.8 Å². The minimum Gasteiger partial charge on any atom is -0.477 e. The predicted molar refractivity (Wildman–Crippen MR) is 127 cm³/mol. The fourth-order valence-corrected chi connectivity index (χ4v) is 6.35. The number of nitrogen functional groups attached to an aromatic ring is 1. The van der Waals surface area contributed by atoms with Gasteiger partial charge in [0.2, 0.25) is 5.91 Å². The molecule has 0 bridgehead atoms. The van der Waals surface area contributed by atoms with Gasteiger partial charge in [0.05, 0.1) is 12.3 Å². The Labute approximate surface area is 201 Å². The van der Waals surface area contributed by atoms with E-state index in [2.05, 4.69) is 15.3 Å². The van der Waals surface area contributed by atoms with Crippen LogP contribution in [0.4, 0.5) is 5.13 Å². The molecule has 1 saturated heterocycles. The molecule has 2 aromatic rings. The van der Waals surface area contributed by atoms with Crippen LogP contribution in [0.1, 0.15) is 17.2 Å². The largest absolute Gasteiger partial charge is 0.477 e. The number of aliphatic carboxylic acids is 1. The summed E-state index contributed by atoms with van der Waals surface area (Å²) in [5.41, 5.74) is 6.71. The molecule has 0 saturated carbocycles. The highest BCUT2D eigenvalue weighted by atomic mass is 32.2. The second kappa shape index (κ2) is 9.95. The van der Waals surface area contributed by atoms with Crippen LogP contribution in [0.3, 0.4) is 0 Å². The lowest BCUT2D eigenvalue weighted by Gasteiger charge is -2.49. The van der Waals surface area contributed by atoms with Crippen molar-refractivity contribution >= 4 is 63.9 Å².